The van der Waals surface area contributed by atoms with E-state index in [1.165, 1.54) is 7.11 Å². The van der Waals surface area contributed by atoms with Crippen molar-refractivity contribution < 1.29 is 23.8 Å². The number of aryl methyl sites for hydroxylation is 1. The molecule has 0 bridgehead atoms. The molecule has 152 valence electrons. The van der Waals surface area contributed by atoms with Crippen LogP contribution in [-0.2, 0) is 9.47 Å². The Bertz CT molecular complexity index is 811. The van der Waals surface area contributed by atoms with Crippen molar-refractivity contribution in [3.05, 3.63) is 52.3 Å². The molecule has 2 aromatic rings. The highest BCUT2D eigenvalue weighted by Crippen LogP contribution is 2.21. The molecule has 0 aliphatic rings. The molecular weight excluding hydrogens is 360 g/mol. The van der Waals surface area contributed by atoms with Crippen molar-refractivity contribution in [3.63, 3.8) is 0 Å². The monoisotopic (exact) mass is 388 g/mol. The lowest BCUT2D eigenvalue weighted by atomic mass is 10.1. The second-order valence-corrected chi connectivity index (χ2v) is 6.45. The minimum atomic E-state index is -0.470. The Morgan fingerprint density at radius 2 is 1.82 bits per heavy atom. The van der Waals surface area contributed by atoms with E-state index in [2.05, 4.69) is 10.3 Å². The quantitative estimate of drug-likeness (QED) is 0.508. The van der Waals surface area contributed by atoms with Crippen LogP contribution in [0.3, 0.4) is 0 Å². The number of H-pyrrole nitrogens is 1. The summed E-state index contributed by atoms with van der Waals surface area (Å²) in [7, 11) is 1.54. The molecule has 0 fully saturated rings. The van der Waals surface area contributed by atoms with Gasteiger partial charge in [-0.25, -0.2) is 4.79 Å². The number of rotatable bonds is 9. The predicted octanol–water partition coefficient (Wildman–Crippen LogP) is 3.32. The Kier molecular flexibility index (Phi) is 7.63. The Morgan fingerprint density at radius 3 is 2.43 bits per heavy atom. The van der Waals surface area contributed by atoms with Gasteiger partial charge < -0.3 is 24.5 Å². The van der Waals surface area contributed by atoms with Crippen LogP contribution >= 0.6 is 0 Å². The van der Waals surface area contributed by atoms with Crippen LogP contribution in [0.2, 0.25) is 0 Å². The fourth-order valence-corrected chi connectivity index (χ4v) is 2.94. The highest BCUT2D eigenvalue weighted by molar-refractivity contribution is 6.00. The number of carbonyl (C=O) groups excluding carboxylic acids is 2. The van der Waals surface area contributed by atoms with Crippen molar-refractivity contribution in [1.82, 2.24) is 10.3 Å². The van der Waals surface area contributed by atoms with E-state index >= 15 is 0 Å². The van der Waals surface area contributed by atoms with Gasteiger partial charge in [0.1, 0.15) is 18.1 Å². The molecule has 0 aliphatic carbocycles. The van der Waals surface area contributed by atoms with Gasteiger partial charge in [0.2, 0.25) is 0 Å². The van der Waals surface area contributed by atoms with Gasteiger partial charge in [-0.3, -0.25) is 4.79 Å². The number of esters is 1. The number of hydrogen-bond donors (Lipinski definition) is 2. The Balaban J connectivity index is 2.09. The minimum absolute atomic E-state index is 0.162. The molecule has 1 aromatic carbocycles. The average molecular weight is 388 g/mol. The SMILES string of the molecule is CCOc1ccc(C(C)NC(=O)c2[nH]c(C)c(C(=O)OCCOC)c2C)cc1. The van der Waals surface area contributed by atoms with E-state index in [1.807, 2.05) is 38.1 Å². The van der Waals surface area contributed by atoms with E-state index in [1.54, 1.807) is 13.8 Å². The largest absolute Gasteiger partial charge is 0.494 e. The summed E-state index contributed by atoms with van der Waals surface area (Å²) in [6.07, 6.45) is 0. The third kappa shape index (κ3) is 5.13. The van der Waals surface area contributed by atoms with Crippen LogP contribution in [0.15, 0.2) is 24.3 Å². The number of ether oxygens (including phenoxy) is 3. The first-order chi connectivity index (χ1) is 13.4. The molecule has 0 saturated carbocycles. The Morgan fingerprint density at radius 1 is 1.14 bits per heavy atom. The first-order valence-corrected chi connectivity index (χ1v) is 9.27. The number of amides is 1. The van der Waals surface area contributed by atoms with Gasteiger partial charge in [0, 0.05) is 12.8 Å². The molecule has 7 heteroatoms. The summed E-state index contributed by atoms with van der Waals surface area (Å²) in [5.41, 5.74) is 2.86. The van der Waals surface area contributed by atoms with Crippen molar-refractivity contribution in [1.29, 1.82) is 0 Å². The number of hydrogen-bond acceptors (Lipinski definition) is 5. The highest BCUT2D eigenvalue weighted by Gasteiger charge is 2.24. The highest BCUT2D eigenvalue weighted by atomic mass is 16.6. The van der Waals surface area contributed by atoms with E-state index in [9.17, 15) is 9.59 Å². The molecule has 0 aliphatic heterocycles. The number of aromatic amines is 1. The molecule has 2 rings (SSSR count). The van der Waals surface area contributed by atoms with E-state index in [0.717, 1.165) is 11.3 Å². The number of methoxy groups -OCH3 is 1. The van der Waals surface area contributed by atoms with Crippen LogP contribution in [0.4, 0.5) is 0 Å². The number of benzene rings is 1. The van der Waals surface area contributed by atoms with Crippen LogP contribution in [0.5, 0.6) is 5.75 Å². The van der Waals surface area contributed by atoms with Crippen molar-refractivity contribution in [2.24, 2.45) is 0 Å². The van der Waals surface area contributed by atoms with Gasteiger partial charge in [-0.05, 0) is 51.0 Å². The van der Waals surface area contributed by atoms with E-state index in [-0.39, 0.29) is 18.6 Å². The van der Waals surface area contributed by atoms with E-state index in [4.69, 9.17) is 14.2 Å². The molecule has 1 amide bonds. The van der Waals surface area contributed by atoms with Crippen molar-refractivity contribution in [3.8, 4) is 5.75 Å². The number of aromatic nitrogens is 1. The van der Waals surface area contributed by atoms with Gasteiger partial charge in [-0.15, -0.1) is 0 Å². The average Bonchev–Trinajstić information content (AvgIpc) is 2.97. The minimum Gasteiger partial charge on any atom is -0.494 e. The summed E-state index contributed by atoms with van der Waals surface area (Å²) in [5.74, 6) is 0.0390. The molecule has 7 nitrogen and oxygen atoms in total. The molecular formula is C21H28N2O5. The van der Waals surface area contributed by atoms with Crippen LogP contribution in [-0.4, -0.2) is 43.8 Å². The summed E-state index contributed by atoms with van der Waals surface area (Å²) < 4.78 is 15.5. The van der Waals surface area contributed by atoms with E-state index < -0.39 is 5.97 Å². The third-order valence-electron chi connectivity index (χ3n) is 4.43. The van der Waals surface area contributed by atoms with Crippen molar-refractivity contribution in [2.45, 2.75) is 33.7 Å². The maximum Gasteiger partial charge on any atom is 0.340 e. The second kappa shape index (κ2) is 9.94. The molecule has 2 N–H and O–H groups in total. The summed E-state index contributed by atoms with van der Waals surface area (Å²) in [4.78, 5) is 28.0. The zero-order chi connectivity index (χ0) is 20.7. The third-order valence-corrected chi connectivity index (χ3v) is 4.43. The van der Waals surface area contributed by atoms with Gasteiger partial charge in [0.05, 0.1) is 24.8 Å². The maximum absolute atomic E-state index is 12.7. The molecule has 0 radical (unpaired) electrons. The standard InChI is InChI=1S/C21H28N2O5/c1-6-27-17-9-7-16(8-10-17)14(3)23-20(24)19-13(2)18(15(4)22-19)21(25)28-12-11-26-5/h7-10,14,22H,6,11-12H2,1-5H3,(H,23,24). The topological polar surface area (TPSA) is 89.7 Å². The lowest BCUT2D eigenvalue weighted by molar-refractivity contribution is 0.0387. The van der Waals surface area contributed by atoms with Gasteiger partial charge in [0.25, 0.3) is 5.91 Å². The molecule has 1 heterocycles. The summed E-state index contributed by atoms with van der Waals surface area (Å²) in [6.45, 7) is 8.39. The molecule has 1 atom stereocenters. The molecule has 0 spiro atoms. The zero-order valence-corrected chi connectivity index (χ0v) is 17.0. The fourth-order valence-electron chi connectivity index (χ4n) is 2.94. The van der Waals surface area contributed by atoms with Crippen LogP contribution in [0, 0.1) is 13.8 Å². The summed E-state index contributed by atoms with van der Waals surface area (Å²) >= 11 is 0. The normalized spacial score (nSPS) is 11.8. The van der Waals surface area contributed by atoms with Crippen LogP contribution in [0.1, 0.15) is 57.6 Å². The van der Waals surface area contributed by atoms with Crippen molar-refractivity contribution in [2.75, 3.05) is 26.9 Å². The van der Waals surface area contributed by atoms with Crippen molar-refractivity contribution >= 4 is 11.9 Å². The van der Waals surface area contributed by atoms with Gasteiger partial charge in [-0.1, -0.05) is 12.1 Å². The fraction of sp³-hybridized carbons (Fsp3) is 0.429. The number of nitrogens with one attached hydrogen (secondary N) is 2. The summed E-state index contributed by atoms with van der Waals surface area (Å²) in [5, 5.41) is 2.95. The van der Waals surface area contributed by atoms with Gasteiger partial charge in [0.15, 0.2) is 0 Å². The predicted molar refractivity (Wildman–Crippen MR) is 106 cm³/mol. The first kappa shape index (κ1) is 21.5. The first-order valence-electron chi connectivity index (χ1n) is 9.27. The Labute approximate surface area is 165 Å². The van der Waals surface area contributed by atoms with Gasteiger partial charge >= 0.3 is 5.97 Å². The second-order valence-electron chi connectivity index (χ2n) is 6.45. The van der Waals surface area contributed by atoms with Crippen LogP contribution < -0.4 is 10.1 Å². The molecule has 28 heavy (non-hydrogen) atoms. The summed E-state index contributed by atoms with van der Waals surface area (Å²) in [6, 6.07) is 7.38. The molecule has 1 aromatic heterocycles. The molecule has 0 saturated heterocycles. The maximum atomic E-state index is 12.7. The van der Waals surface area contributed by atoms with E-state index in [0.29, 0.717) is 35.7 Å². The lowest BCUT2D eigenvalue weighted by Crippen LogP contribution is -2.27. The molecule has 1 unspecified atom stereocenters. The smallest absolute Gasteiger partial charge is 0.340 e. The number of carbonyl (C=O) groups is 2. The lowest BCUT2D eigenvalue weighted by Gasteiger charge is -2.15. The van der Waals surface area contributed by atoms with Gasteiger partial charge in [-0.2, -0.15) is 0 Å². The van der Waals surface area contributed by atoms with Crippen LogP contribution in [0.25, 0.3) is 0 Å². The zero-order valence-electron chi connectivity index (χ0n) is 17.0. The Hall–Kier alpha value is -2.80.